The summed E-state index contributed by atoms with van der Waals surface area (Å²) >= 11 is 4.04. The second-order valence-corrected chi connectivity index (χ2v) is 13.1. The third-order valence-corrected chi connectivity index (χ3v) is 10.9. The van der Waals surface area contributed by atoms with Gasteiger partial charge in [-0.2, -0.15) is 0 Å². The van der Waals surface area contributed by atoms with Crippen LogP contribution in [0.1, 0.15) is 39.0 Å². The summed E-state index contributed by atoms with van der Waals surface area (Å²) in [7, 11) is -1.58. The molecule has 2 heteroatoms. The minimum atomic E-state index is -1.58. The molecule has 0 radical (unpaired) electrons. The first-order chi connectivity index (χ1) is 11.0. The van der Waals surface area contributed by atoms with Crippen molar-refractivity contribution in [3.05, 3.63) is 68.6 Å². The highest BCUT2D eigenvalue weighted by Gasteiger charge is 2.40. The molecule has 1 atom stereocenters. The van der Waals surface area contributed by atoms with Crippen molar-refractivity contribution in [2.45, 2.75) is 56.9 Å². The third-order valence-electron chi connectivity index (χ3n) is 6.00. The molecule has 0 saturated carbocycles. The van der Waals surface area contributed by atoms with Crippen LogP contribution in [0.5, 0.6) is 0 Å². The standard InChI is InChI=1S/C21H25BrSi/c1-14-12-18-19(13-15-8-4-7-11-17(15)20(18)22)21(14)23(2,3)16-9-5-6-10-16/h5-6,9,12-13,20H,4,7-8,10-11H2,1-3H3. The number of alkyl halides is 1. The Balaban J connectivity index is 1.80. The maximum absolute atomic E-state index is 4.04. The smallest absolute Gasteiger partial charge is 0.0809 e. The minimum absolute atomic E-state index is 0.450. The highest BCUT2D eigenvalue weighted by Crippen LogP contribution is 2.50. The lowest BCUT2D eigenvalue weighted by Crippen LogP contribution is -2.34. The van der Waals surface area contributed by atoms with E-state index in [4.69, 9.17) is 0 Å². The van der Waals surface area contributed by atoms with Gasteiger partial charge in [0, 0.05) is 0 Å². The first kappa shape index (κ1) is 15.7. The van der Waals surface area contributed by atoms with E-state index < -0.39 is 8.07 Å². The van der Waals surface area contributed by atoms with E-state index in [9.17, 15) is 0 Å². The summed E-state index contributed by atoms with van der Waals surface area (Å²) in [5.41, 5.74) is 7.89. The van der Waals surface area contributed by atoms with Crippen LogP contribution in [-0.2, 0) is 0 Å². The quantitative estimate of drug-likeness (QED) is 0.376. The maximum Gasteiger partial charge on any atom is 0.109 e. The van der Waals surface area contributed by atoms with Crippen molar-refractivity contribution < 1.29 is 0 Å². The Morgan fingerprint density at radius 3 is 2.65 bits per heavy atom. The predicted octanol–water partition coefficient (Wildman–Crippen LogP) is 6.49. The lowest BCUT2D eigenvalue weighted by atomic mass is 9.81. The molecule has 0 N–H and O–H groups in total. The van der Waals surface area contributed by atoms with Crippen molar-refractivity contribution in [2.24, 2.45) is 0 Å². The fourth-order valence-electron chi connectivity index (χ4n) is 4.77. The number of rotatable bonds is 2. The zero-order valence-electron chi connectivity index (χ0n) is 14.4. The van der Waals surface area contributed by atoms with Crippen LogP contribution >= 0.6 is 15.9 Å². The number of fused-ring (bicyclic) bond motifs is 1. The van der Waals surface area contributed by atoms with Crippen LogP contribution < -0.4 is 0 Å². The largest absolute Gasteiger partial charge is 0.109 e. The van der Waals surface area contributed by atoms with E-state index in [1.807, 2.05) is 0 Å². The molecule has 0 aromatic rings. The van der Waals surface area contributed by atoms with Gasteiger partial charge in [0.15, 0.2) is 0 Å². The lowest BCUT2D eigenvalue weighted by molar-refractivity contribution is 0.669. The Morgan fingerprint density at radius 1 is 1.13 bits per heavy atom. The third kappa shape index (κ3) is 2.37. The zero-order valence-corrected chi connectivity index (χ0v) is 17.0. The summed E-state index contributed by atoms with van der Waals surface area (Å²) in [4.78, 5) is 0.450. The first-order valence-electron chi connectivity index (χ1n) is 8.87. The molecule has 0 heterocycles. The Labute approximate surface area is 149 Å². The van der Waals surface area contributed by atoms with Crippen molar-refractivity contribution in [1.82, 2.24) is 0 Å². The molecule has 4 rings (SSSR count). The molecular formula is C21H25BrSi. The Bertz CT molecular complexity index is 753. The second kappa shape index (κ2) is 5.60. The van der Waals surface area contributed by atoms with Crippen LogP contribution in [0.2, 0.25) is 13.1 Å². The molecule has 0 fully saturated rings. The molecule has 4 aliphatic rings. The average Bonchev–Trinajstić information content (AvgIpc) is 3.15. The topological polar surface area (TPSA) is 0 Å². The average molecular weight is 385 g/mol. The number of hydrogen-bond acceptors (Lipinski definition) is 0. The highest BCUT2D eigenvalue weighted by atomic mass is 79.9. The van der Waals surface area contributed by atoms with Gasteiger partial charge in [-0.25, -0.2) is 0 Å². The van der Waals surface area contributed by atoms with Crippen LogP contribution in [0.15, 0.2) is 68.6 Å². The van der Waals surface area contributed by atoms with Gasteiger partial charge in [0.25, 0.3) is 0 Å². The molecule has 0 bridgehead atoms. The first-order valence-corrected chi connectivity index (χ1v) is 12.8. The van der Waals surface area contributed by atoms with Crippen molar-refractivity contribution in [1.29, 1.82) is 0 Å². The van der Waals surface area contributed by atoms with E-state index in [2.05, 4.69) is 66.3 Å². The normalized spacial score (nSPS) is 27.0. The van der Waals surface area contributed by atoms with Crippen molar-refractivity contribution in [2.75, 3.05) is 0 Å². The van der Waals surface area contributed by atoms with E-state index in [-0.39, 0.29) is 0 Å². The number of hydrogen-bond donors (Lipinski definition) is 0. The van der Waals surface area contributed by atoms with Crippen molar-refractivity contribution >= 4 is 24.0 Å². The van der Waals surface area contributed by atoms with E-state index in [1.54, 1.807) is 27.1 Å². The predicted molar refractivity (Wildman–Crippen MR) is 106 cm³/mol. The number of allylic oxidation sites excluding steroid dienone is 12. The minimum Gasteiger partial charge on any atom is -0.0809 e. The van der Waals surface area contributed by atoms with Gasteiger partial charge in [-0.05, 0) is 66.5 Å². The molecule has 0 amide bonds. The van der Waals surface area contributed by atoms with Crippen LogP contribution in [0.3, 0.4) is 0 Å². The highest BCUT2D eigenvalue weighted by molar-refractivity contribution is 9.09. The van der Waals surface area contributed by atoms with Crippen LogP contribution in [0.25, 0.3) is 0 Å². The molecule has 4 aliphatic carbocycles. The molecule has 0 aliphatic heterocycles. The van der Waals surface area contributed by atoms with Gasteiger partial charge in [-0.15, -0.1) is 0 Å². The van der Waals surface area contributed by atoms with E-state index in [0.29, 0.717) is 4.83 Å². The van der Waals surface area contributed by atoms with E-state index >= 15 is 0 Å². The molecule has 0 spiro atoms. The van der Waals surface area contributed by atoms with Gasteiger partial charge >= 0.3 is 0 Å². The Hall–Kier alpha value is -0.863. The summed E-state index contributed by atoms with van der Waals surface area (Å²) in [5.74, 6) is 0. The Kier molecular flexibility index (Phi) is 3.81. The number of halogens is 1. The van der Waals surface area contributed by atoms with Crippen LogP contribution in [0.4, 0.5) is 0 Å². The molecule has 23 heavy (non-hydrogen) atoms. The van der Waals surface area contributed by atoms with E-state index in [0.717, 1.165) is 6.42 Å². The van der Waals surface area contributed by atoms with Crippen molar-refractivity contribution in [3.63, 3.8) is 0 Å². The van der Waals surface area contributed by atoms with E-state index in [1.165, 1.54) is 36.8 Å². The monoisotopic (exact) mass is 384 g/mol. The summed E-state index contributed by atoms with van der Waals surface area (Å²) in [5, 5.41) is 3.36. The van der Waals surface area contributed by atoms with Gasteiger partial charge in [-0.1, -0.05) is 70.2 Å². The molecule has 0 nitrogen and oxygen atoms in total. The fourth-order valence-corrected chi connectivity index (χ4v) is 9.09. The SMILES string of the molecule is CC1=C([Si](C)(C)C2=CC=CC2)C2=CC3=C(CCCC3)C(Br)C2=C1. The molecule has 0 saturated heterocycles. The van der Waals surface area contributed by atoms with Gasteiger partial charge in [0.2, 0.25) is 0 Å². The molecule has 0 aromatic heterocycles. The molecule has 120 valence electrons. The van der Waals surface area contributed by atoms with Gasteiger partial charge in [0.1, 0.15) is 8.07 Å². The molecule has 1 unspecified atom stereocenters. The Morgan fingerprint density at radius 2 is 1.91 bits per heavy atom. The van der Waals surface area contributed by atoms with Crippen molar-refractivity contribution in [3.8, 4) is 0 Å². The van der Waals surface area contributed by atoms with Gasteiger partial charge < -0.3 is 0 Å². The summed E-state index contributed by atoms with van der Waals surface area (Å²) in [6, 6.07) is 0. The zero-order chi connectivity index (χ0) is 16.2. The van der Waals surface area contributed by atoms with Gasteiger partial charge in [-0.3, -0.25) is 0 Å². The summed E-state index contributed by atoms with van der Waals surface area (Å²) in [6.45, 7) is 7.41. The lowest BCUT2D eigenvalue weighted by Gasteiger charge is -2.34. The molecular weight excluding hydrogens is 360 g/mol. The fraction of sp³-hybridized carbons (Fsp3) is 0.429. The second-order valence-electron chi connectivity index (χ2n) is 7.79. The summed E-state index contributed by atoms with van der Waals surface area (Å²) in [6.07, 6.45) is 18.4. The van der Waals surface area contributed by atoms with Crippen LogP contribution in [0, 0.1) is 0 Å². The molecule has 0 aromatic carbocycles. The van der Waals surface area contributed by atoms with Gasteiger partial charge in [0.05, 0.1) is 4.83 Å². The summed E-state index contributed by atoms with van der Waals surface area (Å²) < 4.78 is 0. The maximum atomic E-state index is 4.04. The van der Waals surface area contributed by atoms with Crippen LogP contribution in [-0.4, -0.2) is 12.9 Å².